The summed E-state index contributed by atoms with van der Waals surface area (Å²) in [5, 5.41) is 3.17. The van der Waals surface area contributed by atoms with Gasteiger partial charge in [-0.1, -0.05) is 29.9 Å². The predicted octanol–water partition coefficient (Wildman–Crippen LogP) is 3.49. The maximum Gasteiger partial charge on any atom is 0.261 e. The minimum absolute atomic E-state index is 0.187. The quantitative estimate of drug-likeness (QED) is 0.397. The number of amides is 3. The molecule has 166 valence electrons. The van der Waals surface area contributed by atoms with Gasteiger partial charge in [-0.3, -0.25) is 19.3 Å². The molecule has 1 aliphatic heterocycles. The van der Waals surface area contributed by atoms with Crippen LogP contribution in [0.2, 0.25) is 0 Å². The second kappa shape index (κ2) is 8.79. The Morgan fingerprint density at radius 1 is 1.03 bits per heavy atom. The van der Waals surface area contributed by atoms with Gasteiger partial charge in [0.15, 0.2) is 15.0 Å². The van der Waals surface area contributed by atoms with Crippen molar-refractivity contribution in [1.29, 1.82) is 0 Å². The maximum absolute atomic E-state index is 12.3. The third kappa shape index (κ3) is 4.56. The van der Waals surface area contributed by atoms with Crippen molar-refractivity contribution < 1.29 is 22.8 Å². The van der Waals surface area contributed by atoms with Gasteiger partial charge < -0.3 is 5.32 Å². The molecule has 0 saturated heterocycles. The van der Waals surface area contributed by atoms with Gasteiger partial charge in [-0.25, -0.2) is 13.4 Å². The van der Waals surface area contributed by atoms with Crippen molar-refractivity contribution in [2.24, 2.45) is 0 Å². The minimum atomic E-state index is -3.31. The van der Waals surface area contributed by atoms with Gasteiger partial charge >= 0.3 is 0 Å². The molecule has 0 atom stereocenters. The lowest BCUT2D eigenvalue weighted by Gasteiger charge is -2.13. The monoisotopic (exact) mass is 471 g/mol. The van der Waals surface area contributed by atoms with Gasteiger partial charge in [0.2, 0.25) is 5.91 Å². The first-order chi connectivity index (χ1) is 15.2. The van der Waals surface area contributed by atoms with Crippen LogP contribution in [0.4, 0.5) is 5.13 Å². The number of thiazole rings is 1. The predicted molar refractivity (Wildman–Crippen MR) is 122 cm³/mol. The number of benzene rings is 2. The first kappa shape index (κ1) is 22.1. The molecule has 3 amide bonds. The van der Waals surface area contributed by atoms with Crippen molar-refractivity contribution in [1.82, 2.24) is 9.88 Å². The highest BCUT2D eigenvalue weighted by atomic mass is 32.2. The fraction of sp³-hybridized carbons (Fsp3) is 0.273. The van der Waals surface area contributed by atoms with Gasteiger partial charge in [-0.2, -0.15) is 0 Å². The Labute approximate surface area is 189 Å². The highest BCUT2D eigenvalue weighted by Crippen LogP contribution is 2.28. The molecular formula is C22H21N3O5S2. The molecule has 0 bridgehead atoms. The van der Waals surface area contributed by atoms with Crippen molar-refractivity contribution in [3.05, 3.63) is 53.6 Å². The van der Waals surface area contributed by atoms with Gasteiger partial charge in [-0.05, 0) is 43.2 Å². The highest BCUT2D eigenvalue weighted by molar-refractivity contribution is 7.90. The van der Waals surface area contributed by atoms with E-state index in [0.29, 0.717) is 52.3 Å². The van der Waals surface area contributed by atoms with Crippen molar-refractivity contribution >= 4 is 54.2 Å². The zero-order valence-electron chi connectivity index (χ0n) is 17.3. The molecule has 0 unspecified atom stereocenters. The SMILES string of the molecule is CS(=O)(=O)c1ccc2nc(NC(=O)CCCCCN3C(=O)c4ccccc4C3=O)sc2c1. The van der Waals surface area contributed by atoms with Crippen LogP contribution < -0.4 is 5.32 Å². The minimum Gasteiger partial charge on any atom is -0.302 e. The van der Waals surface area contributed by atoms with Crippen molar-refractivity contribution in [3.8, 4) is 0 Å². The van der Waals surface area contributed by atoms with E-state index in [2.05, 4.69) is 10.3 Å². The van der Waals surface area contributed by atoms with Crippen LogP contribution in [0, 0.1) is 0 Å². The lowest BCUT2D eigenvalue weighted by Crippen LogP contribution is -2.30. The fourth-order valence-electron chi connectivity index (χ4n) is 3.55. The molecule has 2 heterocycles. The van der Waals surface area contributed by atoms with Gasteiger partial charge in [0.1, 0.15) is 0 Å². The molecular weight excluding hydrogens is 450 g/mol. The molecule has 8 nitrogen and oxygen atoms in total. The number of aromatic nitrogens is 1. The second-order valence-electron chi connectivity index (χ2n) is 7.59. The summed E-state index contributed by atoms with van der Waals surface area (Å²) < 4.78 is 24.1. The van der Waals surface area contributed by atoms with Crippen LogP contribution in [0.5, 0.6) is 0 Å². The third-order valence-electron chi connectivity index (χ3n) is 5.20. The van der Waals surface area contributed by atoms with Gasteiger partial charge in [0.05, 0.1) is 26.2 Å². The summed E-state index contributed by atoms with van der Waals surface area (Å²) in [6, 6.07) is 11.5. The van der Waals surface area contributed by atoms with E-state index in [1.54, 1.807) is 36.4 Å². The van der Waals surface area contributed by atoms with E-state index in [4.69, 9.17) is 0 Å². The van der Waals surface area contributed by atoms with Crippen LogP contribution in [0.1, 0.15) is 46.4 Å². The molecule has 0 saturated carbocycles. The van der Waals surface area contributed by atoms with Crippen LogP contribution in [0.15, 0.2) is 47.4 Å². The Morgan fingerprint density at radius 3 is 2.38 bits per heavy atom. The molecule has 1 aromatic heterocycles. The molecule has 2 aromatic carbocycles. The molecule has 10 heteroatoms. The second-order valence-corrected chi connectivity index (χ2v) is 10.6. The molecule has 1 N–H and O–H groups in total. The number of nitrogens with zero attached hydrogens (tertiary/aromatic N) is 2. The van der Waals surface area contributed by atoms with Crippen LogP contribution in [-0.2, 0) is 14.6 Å². The number of fused-ring (bicyclic) bond motifs is 2. The van der Waals surface area contributed by atoms with E-state index in [1.807, 2.05) is 0 Å². The van der Waals surface area contributed by atoms with Crippen LogP contribution in [0.3, 0.4) is 0 Å². The molecule has 0 aliphatic carbocycles. The summed E-state index contributed by atoms with van der Waals surface area (Å²) in [4.78, 5) is 42.7. The number of rotatable bonds is 8. The van der Waals surface area contributed by atoms with E-state index in [1.165, 1.54) is 22.3 Å². The summed E-state index contributed by atoms with van der Waals surface area (Å²) >= 11 is 1.22. The molecule has 4 rings (SSSR count). The van der Waals surface area contributed by atoms with Gasteiger partial charge in [0, 0.05) is 19.2 Å². The maximum atomic E-state index is 12.3. The number of imide groups is 1. The Bertz CT molecular complexity index is 1300. The lowest BCUT2D eigenvalue weighted by atomic mass is 10.1. The Hall–Kier alpha value is -3.11. The molecule has 0 radical (unpaired) electrons. The Balaban J connectivity index is 1.24. The number of nitrogens with one attached hydrogen (secondary N) is 1. The molecule has 0 spiro atoms. The smallest absolute Gasteiger partial charge is 0.261 e. The number of carbonyl (C=O) groups is 3. The summed E-state index contributed by atoms with van der Waals surface area (Å²) in [5.41, 5.74) is 1.51. The first-order valence-electron chi connectivity index (χ1n) is 10.1. The van der Waals surface area contributed by atoms with E-state index in [-0.39, 0.29) is 29.0 Å². The molecule has 3 aromatic rings. The molecule has 1 aliphatic rings. The topological polar surface area (TPSA) is 114 Å². The van der Waals surface area contributed by atoms with Crippen LogP contribution >= 0.6 is 11.3 Å². The molecule has 0 fully saturated rings. The average molecular weight is 472 g/mol. The summed E-state index contributed by atoms with van der Waals surface area (Å²) in [5.74, 6) is -0.718. The fourth-order valence-corrected chi connectivity index (χ4v) is 5.19. The number of unbranched alkanes of at least 4 members (excludes halogenated alkanes) is 2. The number of anilines is 1. The normalized spacial score (nSPS) is 13.6. The highest BCUT2D eigenvalue weighted by Gasteiger charge is 2.34. The van der Waals surface area contributed by atoms with Crippen LogP contribution in [-0.4, -0.2) is 48.8 Å². The first-order valence-corrected chi connectivity index (χ1v) is 12.8. The third-order valence-corrected chi connectivity index (χ3v) is 7.24. The number of sulfone groups is 1. The van der Waals surface area contributed by atoms with Crippen molar-refractivity contribution in [2.75, 3.05) is 18.1 Å². The molecule has 32 heavy (non-hydrogen) atoms. The summed E-state index contributed by atoms with van der Waals surface area (Å²) in [6.45, 7) is 0.328. The lowest BCUT2D eigenvalue weighted by molar-refractivity contribution is -0.116. The number of hydrogen-bond acceptors (Lipinski definition) is 7. The Kier molecular flexibility index (Phi) is 6.07. The zero-order chi connectivity index (χ0) is 22.9. The van der Waals surface area contributed by atoms with E-state index < -0.39 is 9.84 Å². The summed E-state index contributed by atoms with van der Waals surface area (Å²) in [7, 11) is -3.31. The van der Waals surface area contributed by atoms with Crippen LogP contribution in [0.25, 0.3) is 10.2 Å². The number of hydrogen-bond donors (Lipinski definition) is 1. The summed E-state index contributed by atoms with van der Waals surface area (Å²) in [6.07, 6.45) is 3.35. The van der Waals surface area contributed by atoms with Gasteiger partial charge in [0.25, 0.3) is 11.8 Å². The average Bonchev–Trinajstić information content (AvgIpc) is 3.25. The largest absolute Gasteiger partial charge is 0.302 e. The Morgan fingerprint density at radius 2 is 1.72 bits per heavy atom. The zero-order valence-corrected chi connectivity index (χ0v) is 19.0. The van der Waals surface area contributed by atoms with E-state index in [0.717, 1.165) is 6.26 Å². The van der Waals surface area contributed by atoms with E-state index in [9.17, 15) is 22.8 Å². The van der Waals surface area contributed by atoms with Crippen molar-refractivity contribution in [3.63, 3.8) is 0 Å². The standard InChI is InChI=1S/C22H21N3O5S2/c1-32(29,30)14-10-11-17-18(13-14)31-22(23-17)24-19(26)9-3-2-6-12-25-20(27)15-7-4-5-8-16(15)21(25)28/h4-5,7-8,10-11,13H,2-3,6,9,12H2,1H3,(H,23,24,26). The number of carbonyl (C=O) groups excluding carboxylic acids is 3. The van der Waals surface area contributed by atoms with Crippen molar-refractivity contribution in [2.45, 2.75) is 30.6 Å². The van der Waals surface area contributed by atoms with E-state index >= 15 is 0 Å². The van der Waals surface area contributed by atoms with Gasteiger partial charge in [-0.15, -0.1) is 0 Å².